The molecule has 0 bridgehead atoms. The Morgan fingerprint density at radius 3 is 1.32 bits per heavy atom. The van der Waals surface area contributed by atoms with E-state index in [2.05, 4.69) is 13.8 Å². The van der Waals surface area contributed by atoms with Crippen LogP contribution in [-0.2, 0) is 17.4 Å². The Hall–Kier alpha value is -2.49. The minimum Gasteiger partial charge on any atom is -0.872 e. The molecular formula is C18H19CrO6. The molecule has 0 heterocycles. The van der Waals surface area contributed by atoms with E-state index < -0.39 is 23.4 Å². The quantitative estimate of drug-likeness (QED) is 0.786. The summed E-state index contributed by atoms with van der Waals surface area (Å²) in [5, 5.41) is 38.1. The number of para-hydroxylation sites is 2. The van der Waals surface area contributed by atoms with Crippen LogP contribution in [0.2, 0.25) is 0 Å². The van der Waals surface area contributed by atoms with E-state index in [-0.39, 0.29) is 28.5 Å². The molecule has 2 rings (SSSR count). The van der Waals surface area contributed by atoms with Crippen LogP contribution in [0.3, 0.4) is 0 Å². The first kappa shape index (κ1) is 24.8. The van der Waals surface area contributed by atoms with Gasteiger partial charge in [0.1, 0.15) is 0 Å². The normalized spacial score (nSPS) is 8.56. The SMILES string of the molecule is O=C(O)c1ccccc1[O-].O=C(O)c1ccccc1[O-].[CH2-]CCC.[Cr+3]. The molecule has 6 nitrogen and oxygen atoms in total. The molecule has 1 radical (unpaired) electrons. The molecule has 0 saturated heterocycles. The number of unbranched alkanes of at least 4 members (excludes halogenated alkanes) is 1. The summed E-state index contributed by atoms with van der Waals surface area (Å²) in [6.07, 6.45) is 2.28. The largest absolute Gasteiger partial charge is 3.00 e. The summed E-state index contributed by atoms with van der Waals surface area (Å²) in [7, 11) is 0. The molecule has 7 heteroatoms. The zero-order valence-electron chi connectivity index (χ0n) is 13.7. The van der Waals surface area contributed by atoms with E-state index in [1.54, 1.807) is 0 Å². The number of hydrogen-bond donors (Lipinski definition) is 2. The predicted octanol–water partition coefficient (Wildman–Crippen LogP) is 2.53. The Bertz CT molecular complexity index is 600. The first-order valence-corrected chi connectivity index (χ1v) is 7.13. The second-order valence-corrected chi connectivity index (χ2v) is 4.46. The van der Waals surface area contributed by atoms with Gasteiger partial charge in [-0.3, -0.25) is 0 Å². The van der Waals surface area contributed by atoms with E-state index in [0.717, 1.165) is 6.42 Å². The maximum atomic E-state index is 10.7. The van der Waals surface area contributed by atoms with Crippen molar-refractivity contribution in [2.24, 2.45) is 0 Å². The van der Waals surface area contributed by atoms with Gasteiger partial charge in [0, 0.05) is 0 Å². The Balaban J connectivity index is 0. The number of carbonyl (C=O) groups is 2. The van der Waals surface area contributed by atoms with Gasteiger partial charge in [0.25, 0.3) is 0 Å². The molecule has 0 unspecified atom stereocenters. The van der Waals surface area contributed by atoms with Gasteiger partial charge in [0.15, 0.2) is 0 Å². The van der Waals surface area contributed by atoms with Crippen LogP contribution in [0.15, 0.2) is 48.5 Å². The van der Waals surface area contributed by atoms with Crippen LogP contribution in [0.4, 0.5) is 0 Å². The molecule has 0 amide bonds. The van der Waals surface area contributed by atoms with Crippen LogP contribution < -0.4 is 10.2 Å². The number of hydrogen-bond acceptors (Lipinski definition) is 4. The van der Waals surface area contributed by atoms with Gasteiger partial charge in [-0.05, 0) is 12.1 Å². The van der Waals surface area contributed by atoms with Crippen LogP contribution in [0.5, 0.6) is 11.5 Å². The van der Waals surface area contributed by atoms with Crippen molar-refractivity contribution in [3.8, 4) is 11.5 Å². The summed E-state index contributed by atoms with van der Waals surface area (Å²) >= 11 is 0. The van der Waals surface area contributed by atoms with Crippen molar-refractivity contribution >= 4 is 11.9 Å². The van der Waals surface area contributed by atoms with Crippen LogP contribution in [0, 0.1) is 6.92 Å². The maximum absolute atomic E-state index is 10.7. The van der Waals surface area contributed by atoms with Crippen molar-refractivity contribution < 1.29 is 47.4 Å². The monoisotopic (exact) mass is 383 g/mol. The smallest absolute Gasteiger partial charge is 0.872 e. The molecule has 2 aromatic rings. The minimum atomic E-state index is -1.18. The summed E-state index contributed by atoms with van der Waals surface area (Å²) in [5.74, 6) is -3.25. The van der Waals surface area contributed by atoms with Gasteiger partial charge >= 0.3 is 29.3 Å². The first-order valence-electron chi connectivity index (χ1n) is 7.13. The maximum Gasteiger partial charge on any atom is 3.00 e. The van der Waals surface area contributed by atoms with Crippen LogP contribution >= 0.6 is 0 Å². The van der Waals surface area contributed by atoms with Gasteiger partial charge in [-0.25, -0.2) is 9.59 Å². The number of carboxylic acids is 2. The van der Waals surface area contributed by atoms with Crippen molar-refractivity contribution in [2.75, 3.05) is 0 Å². The van der Waals surface area contributed by atoms with E-state index in [4.69, 9.17) is 10.2 Å². The summed E-state index contributed by atoms with van der Waals surface area (Å²) in [4.78, 5) is 20.4. The Morgan fingerprint density at radius 1 is 0.880 bits per heavy atom. The average molecular weight is 383 g/mol. The standard InChI is InChI=1S/2C7H6O3.C4H9.Cr/c2*8-6-4-2-1-3-5(6)7(9)10;1-3-4-2;/h2*1-4,8H,(H,9,10);1,3-4H2,2H3;/q;;-1;+3/p-2. The van der Waals surface area contributed by atoms with Crippen LogP contribution in [0.1, 0.15) is 40.5 Å². The predicted molar refractivity (Wildman–Crippen MR) is 86.0 cm³/mol. The fraction of sp³-hybridized carbons (Fsp3) is 0.167. The van der Waals surface area contributed by atoms with E-state index in [1.165, 1.54) is 55.0 Å². The molecule has 0 aliphatic rings. The Morgan fingerprint density at radius 2 is 1.16 bits per heavy atom. The molecule has 2 N–H and O–H groups in total. The van der Waals surface area contributed by atoms with E-state index in [1.807, 2.05) is 0 Å². The summed E-state index contributed by atoms with van der Waals surface area (Å²) in [5.41, 5.74) is -0.356. The van der Waals surface area contributed by atoms with Gasteiger partial charge in [0.05, 0.1) is 11.1 Å². The molecule has 2 aromatic carbocycles. The number of carboxylic acid groups (broad SMARTS) is 2. The average Bonchev–Trinajstić information content (AvgIpc) is 2.56. The molecule has 0 aliphatic carbocycles. The summed E-state index contributed by atoms with van der Waals surface area (Å²) < 4.78 is 0. The van der Waals surface area contributed by atoms with Gasteiger partial charge in [-0.1, -0.05) is 61.2 Å². The number of rotatable bonds is 3. The summed E-state index contributed by atoms with van der Waals surface area (Å²) in [6, 6.07) is 11.1. The van der Waals surface area contributed by atoms with Crippen molar-refractivity contribution in [1.82, 2.24) is 0 Å². The zero-order valence-corrected chi connectivity index (χ0v) is 15.0. The molecule has 133 valence electrons. The molecule has 25 heavy (non-hydrogen) atoms. The van der Waals surface area contributed by atoms with Gasteiger partial charge < -0.3 is 27.3 Å². The van der Waals surface area contributed by atoms with E-state index >= 15 is 0 Å². The minimum absolute atomic E-state index is 0. The molecule has 0 aromatic heterocycles. The van der Waals surface area contributed by atoms with E-state index in [9.17, 15) is 19.8 Å². The third kappa shape index (κ3) is 10.1. The van der Waals surface area contributed by atoms with Crippen molar-refractivity contribution in [2.45, 2.75) is 19.8 Å². The summed E-state index contributed by atoms with van der Waals surface area (Å²) in [6.45, 7) is 5.72. The third-order valence-electron chi connectivity index (χ3n) is 2.59. The van der Waals surface area contributed by atoms with Gasteiger partial charge in [0.2, 0.25) is 0 Å². The zero-order chi connectivity index (χ0) is 18.5. The number of benzene rings is 2. The molecule has 0 aliphatic heterocycles. The second-order valence-electron chi connectivity index (χ2n) is 4.46. The van der Waals surface area contributed by atoms with Crippen molar-refractivity contribution in [3.63, 3.8) is 0 Å². The third-order valence-corrected chi connectivity index (χ3v) is 2.59. The van der Waals surface area contributed by atoms with Gasteiger partial charge in [-0.15, -0.1) is 0 Å². The molecular weight excluding hydrogens is 364 g/mol. The molecule has 0 saturated carbocycles. The second kappa shape index (κ2) is 13.9. The van der Waals surface area contributed by atoms with Crippen LogP contribution in [0.25, 0.3) is 0 Å². The van der Waals surface area contributed by atoms with Crippen molar-refractivity contribution in [3.05, 3.63) is 66.6 Å². The fourth-order valence-corrected chi connectivity index (χ4v) is 1.29. The fourth-order valence-electron chi connectivity index (χ4n) is 1.29. The van der Waals surface area contributed by atoms with Gasteiger partial charge in [-0.2, -0.15) is 6.42 Å². The topological polar surface area (TPSA) is 121 Å². The Labute approximate surface area is 157 Å². The van der Waals surface area contributed by atoms with E-state index in [0.29, 0.717) is 0 Å². The molecule has 0 fully saturated rings. The Kier molecular flexibility index (Phi) is 13.8. The first-order chi connectivity index (χ1) is 11.3. The molecule has 0 atom stereocenters. The number of aromatic carboxylic acids is 2. The molecule has 0 spiro atoms. The van der Waals surface area contributed by atoms with Crippen molar-refractivity contribution in [1.29, 1.82) is 0 Å². The van der Waals surface area contributed by atoms with Crippen LogP contribution in [-0.4, -0.2) is 22.2 Å².